The molecule has 1 heterocycles. The lowest BCUT2D eigenvalue weighted by Gasteiger charge is -2.15. The summed E-state index contributed by atoms with van der Waals surface area (Å²) in [5.41, 5.74) is 0. The molecule has 0 saturated carbocycles. The van der Waals surface area contributed by atoms with Crippen molar-refractivity contribution >= 4 is 55.6 Å². The van der Waals surface area contributed by atoms with Crippen molar-refractivity contribution in [2.45, 2.75) is 11.4 Å². The molecule has 1 aliphatic heterocycles. The lowest BCUT2D eigenvalue weighted by Crippen LogP contribution is -2.41. The lowest BCUT2D eigenvalue weighted by molar-refractivity contribution is -0.119. The quantitative estimate of drug-likeness (QED) is 0.584. The van der Waals surface area contributed by atoms with E-state index in [0.29, 0.717) is 4.32 Å². The zero-order valence-electron chi connectivity index (χ0n) is 10.1. The maximum Gasteiger partial charge on any atom is 0.230 e. The van der Waals surface area contributed by atoms with E-state index in [1.165, 1.54) is 11.8 Å². The number of hydrogen-bond acceptors (Lipinski definition) is 5. The SMILES string of the molecule is CN(C)C(=S)SCC(=O)N[C@H]1CS(=O)(=O)C[C@H]1Cl. The van der Waals surface area contributed by atoms with Gasteiger partial charge in [0.2, 0.25) is 5.91 Å². The van der Waals surface area contributed by atoms with Crippen LogP contribution in [0.25, 0.3) is 0 Å². The minimum atomic E-state index is -3.12. The third-order valence-electron chi connectivity index (χ3n) is 2.32. The highest BCUT2D eigenvalue weighted by Gasteiger charge is 2.37. The Morgan fingerprint density at radius 2 is 2.11 bits per heavy atom. The van der Waals surface area contributed by atoms with Crippen LogP contribution in [-0.2, 0) is 14.6 Å². The Labute approximate surface area is 122 Å². The molecule has 0 aromatic carbocycles. The van der Waals surface area contributed by atoms with E-state index >= 15 is 0 Å². The first kappa shape index (κ1) is 16.0. The number of carbonyl (C=O) groups excluding carboxylic acids is 1. The van der Waals surface area contributed by atoms with Crippen molar-refractivity contribution in [3.05, 3.63) is 0 Å². The molecular weight excluding hydrogens is 316 g/mol. The molecular formula is C9H15ClN2O3S3. The number of carbonyl (C=O) groups is 1. The molecule has 104 valence electrons. The Kier molecular flexibility index (Phi) is 5.69. The second-order valence-corrected chi connectivity index (χ2v) is 8.54. The van der Waals surface area contributed by atoms with E-state index in [4.69, 9.17) is 23.8 Å². The minimum absolute atomic E-state index is 0.0806. The number of amides is 1. The number of hydrogen-bond donors (Lipinski definition) is 1. The van der Waals surface area contributed by atoms with Crippen LogP contribution >= 0.6 is 35.6 Å². The number of rotatable bonds is 3. The van der Waals surface area contributed by atoms with Crippen molar-refractivity contribution in [3.8, 4) is 0 Å². The standard InChI is InChI=1S/C9H15ClN2O3S3/c1-12(2)9(16)17-3-8(13)11-7-5-18(14,15)4-6(7)10/h6-7H,3-5H2,1-2H3,(H,11,13)/t6-,7+/m1/s1. The van der Waals surface area contributed by atoms with Crippen LogP contribution in [0.15, 0.2) is 0 Å². The van der Waals surface area contributed by atoms with Crippen molar-refractivity contribution in [1.82, 2.24) is 10.2 Å². The summed E-state index contributed by atoms with van der Waals surface area (Å²) in [6, 6.07) is -0.502. The van der Waals surface area contributed by atoms with Gasteiger partial charge in [0, 0.05) is 14.1 Å². The van der Waals surface area contributed by atoms with Crippen molar-refractivity contribution in [2.75, 3.05) is 31.4 Å². The molecule has 9 heteroatoms. The summed E-state index contributed by atoms with van der Waals surface area (Å²) in [4.78, 5) is 13.4. The smallest absolute Gasteiger partial charge is 0.230 e. The summed E-state index contributed by atoms with van der Waals surface area (Å²) < 4.78 is 23.2. The largest absolute Gasteiger partial charge is 0.364 e. The van der Waals surface area contributed by atoms with Crippen LogP contribution in [0.3, 0.4) is 0 Å². The zero-order chi connectivity index (χ0) is 13.9. The molecule has 2 atom stereocenters. The predicted octanol–water partition coefficient (Wildman–Crippen LogP) is 0.0867. The van der Waals surface area contributed by atoms with Crippen LogP contribution in [0.2, 0.25) is 0 Å². The molecule has 1 aliphatic rings. The number of nitrogens with zero attached hydrogens (tertiary/aromatic N) is 1. The number of halogens is 1. The van der Waals surface area contributed by atoms with E-state index < -0.39 is 21.3 Å². The zero-order valence-corrected chi connectivity index (χ0v) is 13.3. The van der Waals surface area contributed by atoms with Crippen LogP contribution in [0.4, 0.5) is 0 Å². The van der Waals surface area contributed by atoms with E-state index in [9.17, 15) is 13.2 Å². The molecule has 1 fully saturated rings. The monoisotopic (exact) mass is 330 g/mol. The van der Waals surface area contributed by atoms with Gasteiger partial charge in [0.15, 0.2) is 9.84 Å². The predicted molar refractivity (Wildman–Crippen MR) is 79.0 cm³/mol. The van der Waals surface area contributed by atoms with E-state index in [0.717, 1.165) is 0 Å². The van der Waals surface area contributed by atoms with Crippen molar-refractivity contribution in [3.63, 3.8) is 0 Å². The summed E-state index contributed by atoms with van der Waals surface area (Å²) >= 11 is 12.1. The van der Waals surface area contributed by atoms with Crippen molar-refractivity contribution in [2.24, 2.45) is 0 Å². The van der Waals surface area contributed by atoms with Gasteiger partial charge in [0.25, 0.3) is 0 Å². The maximum atomic E-state index is 11.6. The van der Waals surface area contributed by atoms with Gasteiger partial charge >= 0.3 is 0 Å². The van der Waals surface area contributed by atoms with Crippen LogP contribution in [0, 0.1) is 0 Å². The summed E-state index contributed by atoms with van der Waals surface area (Å²) in [6.07, 6.45) is 0. The van der Waals surface area contributed by atoms with Gasteiger partial charge in [-0.25, -0.2) is 8.42 Å². The first-order chi connectivity index (χ1) is 8.21. The van der Waals surface area contributed by atoms with E-state index in [2.05, 4.69) is 5.32 Å². The summed E-state index contributed by atoms with van der Waals surface area (Å²) in [7, 11) is 0.472. The van der Waals surface area contributed by atoms with Crippen LogP contribution < -0.4 is 5.32 Å². The van der Waals surface area contributed by atoms with Gasteiger partial charge in [-0.1, -0.05) is 24.0 Å². The Bertz CT molecular complexity index is 438. The molecule has 0 unspecified atom stereocenters. The highest BCUT2D eigenvalue weighted by molar-refractivity contribution is 8.23. The summed E-state index contributed by atoms with van der Waals surface area (Å²) in [5.74, 6) is -0.257. The van der Waals surface area contributed by atoms with E-state index in [1.807, 2.05) is 0 Å². The molecule has 0 aromatic rings. The molecule has 5 nitrogen and oxygen atoms in total. The Hall–Kier alpha value is -0.0500. The Balaban J connectivity index is 2.40. The van der Waals surface area contributed by atoms with Gasteiger partial charge in [-0.3, -0.25) is 4.79 Å². The number of alkyl halides is 1. The third-order valence-corrected chi connectivity index (χ3v) is 6.43. The molecule has 0 bridgehead atoms. The second-order valence-electron chi connectivity index (χ2n) is 4.22. The topological polar surface area (TPSA) is 66.5 Å². The maximum absolute atomic E-state index is 11.6. The van der Waals surface area contributed by atoms with Gasteiger partial charge in [-0.15, -0.1) is 11.6 Å². The molecule has 0 aliphatic carbocycles. The summed E-state index contributed by atoms with van der Waals surface area (Å²) in [6.45, 7) is 0. The fourth-order valence-corrected chi connectivity index (χ4v) is 4.76. The normalized spacial score (nSPS) is 25.7. The van der Waals surface area contributed by atoms with Gasteiger partial charge in [0.05, 0.1) is 28.7 Å². The highest BCUT2D eigenvalue weighted by atomic mass is 35.5. The fraction of sp³-hybridized carbons (Fsp3) is 0.778. The Morgan fingerprint density at radius 1 is 1.50 bits per heavy atom. The third kappa shape index (κ3) is 4.91. The van der Waals surface area contributed by atoms with Gasteiger partial charge in [0.1, 0.15) is 4.32 Å². The lowest BCUT2D eigenvalue weighted by atomic mass is 10.2. The van der Waals surface area contributed by atoms with Crippen molar-refractivity contribution < 1.29 is 13.2 Å². The first-order valence-corrected chi connectivity index (χ1v) is 8.84. The van der Waals surface area contributed by atoms with Crippen LogP contribution in [0.1, 0.15) is 0 Å². The number of thioether (sulfide) groups is 1. The van der Waals surface area contributed by atoms with Gasteiger partial charge in [-0.2, -0.15) is 0 Å². The fourth-order valence-electron chi connectivity index (χ4n) is 1.44. The first-order valence-electron chi connectivity index (χ1n) is 5.19. The molecule has 0 spiro atoms. The number of nitrogens with one attached hydrogen (secondary N) is 1. The molecule has 0 radical (unpaired) electrons. The average Bonchev–Trinajstić information content (AvgIpc) is 2.48. The van der Waals surface area contributed by atoms with Gasteiger partial charge in [-0.05, 0) is 0 Å². The summed E-state index contributed by atoms with van der Waals surface area (Å²) in [5, 5.41) is 2.08. The molecule has 1 N–H and O–H groups in total. The molecule has 0 aromatic heterocycles. The van der Waals surface area contributed by atoms with E-state index in [-0.39, 0.29) is 23.2 Å². The van der Waals surface area contributed by atoms with Crippen LogP contribution in [0.5, 0.6) is 0 Å². The molecule has 1 amide bonds. The van der Waals surface area contributed by atoms with Crippen LogP contribution in [-0.4, -0.2) is 66.3 Å². The van der Waals surface area contributed by atoms with Gasteiger partial charge < -0.3 is 10.2 Å². The van der Waals surface area contributed by atoms with Crippen molar-refractivity contribution in [1.29, 1.82) is 0 Å². The second kappa shape index (κ2) is 6.40. The minimum Gasteiger partial charge on any atom is -0.364 e. The highest BCUT2D eigenvalue weighted by Crippen LogP contribution is 2.18. The average molecular weight is 331 g/mol. The van der Waals surface area contributed by atoms with E-state index in [1.54, 1.807) is 19.0 Å². The number of thiocarbonyl (C=S) groups is 1. The molecule has 18 heavy (non-hydrogen) atoms. The number of sulfone groups is 1. The molecule has 1 rings (SSSR count). The molecule has 1 saturated heterocycles. The Morgan fingerprint density at radius 3 is 2.56 bits per heavy atom.